The van der Waals surface area contributed by atoms with Crippen molar-refractivity contribution in [3.05, 3.63) is 12.3 Å². The summed E-state index contributed by atoms with van der Waals surface area (Å²) in [5.41, 5.74) is 0. The molecule has 1 aliphatic rings. The van der Waals surface area contributed by atoms with E-state index in [0.717, 1.165) is 0 Å². The molecule has 4 nitrogen and oxygen atoms in total. The van der Waals surface area contributed by atoms with Crippen molar-refractivity contribution in [2.24, 2.45) is 0 Å². The van der Waals surface area contributed by atoms with Gasteiger partial charge in [-0.15, -0.1) is 0 Å². The van der Waals surface area contributed by atoms with Gasteiger partial charge in [0.2, 0.25) is 0 Å². The van der Waals surface area contributed by atoms with Gasteiger partial charge in [0.15, 0.2) is 5.11 Å². The van der Waals surface area contributed by atoms with E-state index >= 15 is 0 Å². The second-order valence-corrected chi connectivity index (χ2v) is 3.56. The van der Waals surface area contributed by atoms with Gasteiger partial charge >= 0.3 is 0 Å². The van der Waals surface area contributed by atoms with Gasteiger partial charge in [0, 0.05) is 25.3 Å². The van der Waals surface area contributed by atoms with E-state index in [1.807, 2.05) is 29.0 Å². The molecular formula is C9H16N2O2S. The molecule has 0 saturated carbocycles. The van der Waals surface area contributed by atoms with E-state index < -0.39 is 0 Å². The van der Waals surface area contributed by atoms with Gasteiger partial charge in [0.1, 0.15) is 0 Å². The fourth-order valence-corrected chi connectivity index (χ4v) is 1.83. The first-order valence-corrected chi connectivity index (χ1v) is 5.08. The molecule has 14 heavy (non-hydrogen) atoms. The quantitative estimate of drug-likeness (QED) is 0.636. The average Bonchev–Trinajstić information content (AvgIpc) is 2.17. The fourth-order valence-electron chi connectivity index (χ4n) is 1.42. The van der Waals surface area contributed by atoms with Crippen LogP contribution in [0.5, 0.6) is 0 Å². The lowest BCUT2D eigenvalue weighted by Gasteiger charge is -2.38. The van der Waals surface area contributed by atoms with Crippen molar-refractivity contribution >= 4 is 17.3 Å². The average molecular weight is 216 g/mol. The number of nitrogens with zero attached hydrogens (tertiary/aromatic N) is 2. The van der Waals surface area contributed by atoms with Gasteiger partial charge < -0.3 is 20.0 Å². The molecule has 0 aliphatic carbocycles. The highest BCUT2D eigenvalue weighted by Gasteiger charge is 2.22. The molecule has 0 amide bonds. The summed E-state index contributed by atoms with van der Waals surface area (Å²) in [6.45, 7) is 3.22. The van der Waals surface area contributed by atoms with Crippen molar-refractivity contribution in [2.75, 3.05) is 26.3 Å². The molecule has 0 saturated heterocycles. The highest BCUT2D eigenvalue weighted by atomic mass is 32.1. The maximum absolute atomic E-state index is 8.88. The Morgan fingerprint density at radius 1 is 1.36 bits per heavy atom. The van der Waals surface area contributed by atoms with Crippen LogP contribution in [0.25, 0.3) is 0 Å². The van der Waals surface area contributed by atoms with Gasteiger partial charge in [-0.1, -0.05) is 0 Å². The molecule has 0 aromatic rings. The minimum absolute atomic E-state index is 0.0752. The van der Waals surface area contributed by atoms with Crippen LogP contribution in [0.15, 0.2) is 12.3 Å². The minimum Gasteiger partial charge on any atom is -0.395 e. The lowest BCUT2D eigenvalue weighted by Crippen LogP contribution is -2.49. The van der Waals surface area contributed by atoms with Gasteiger partial charge in [-0.05, 0) is 25.2 Å². The second-order valence-electron chi connectivity index (χ2n) is 3.20. The van der Waals surface area contributed by atoms with E-state index in [1.165, 1.54) is 0 Å². The number of thiocarbonyl (C=S) groups is 1. The number of hydrogen-bond acceptors (Lipinski definition) is 3. The molecule has 1 atom stereocenters. The molecule has 0 aromatic heterocycles. The molecule has 0 bridgehead atoms. The molecule has 0 radical (unpaired) electrons. The molecule has 2 N–H and O–H groups in total. The highest BCUT2D eigenvalue weighted by Crippen LogP contribution is 2.12. The van der Waals surface area contributed by atoms with E-state index in [0.29, 0.717) is 18.2 Å². The van der Waals surface area contributed by atoms with E-state index in [1.54, 1.807) is 0 Å². The Hall–Kier alpha value is -0.650. The largest absolute Gasteiger partial charge is 0.395 e. The lowest BCUT2D eigenvalue weighted by atomic mass is 10.2. The molecule has 1 unspecified atom stereocenters. The molecule has 5 heteroatoms. The topological polar surface area (TPSA) is 46.9 Å². The third kappa shape index (κ3) is 2.43. The first-order chi connectivity index (χ1) is 6.70. The Morgan fingerprint density at radius 2 is 2.00 bits per heavy atom. The summed E-state index contributed by atoms with van der Waals surface area (Å²) in [5, 5.41) is 18.4. The van der Waals surface area contributed by atoms with Crippen LogP contribution in [0.1, 0.15) is 6.92 Å². The Kier molecular flexibility index (Phi) is 4.31. The molecule has 1 heterocycles. The zero-order valence-corrected chi connectivity index (χ0v) is 9.07. The van der Waals surface area contributed by atoms with Crippen molar-refractivity contribution in [1.29, 1.82) is 0 Å². The number of aliphatic hydroxyl groups is 2. The molecule has 0 spiro atoms. The standard InChI is InChI=1S/C9H16N2O2S/c1-8-2-3-10(4-6-12)9(14)11(8)5-7-13/h2-3,8,12-13H,4-7H2,1H3. The minimum atomic E-state index is 0.0752. The van der Waals surface area contributed by atoms with Crippen molar-refractivity contribution in [1.82, 2.24) is 9.80 Å². The molecule has 1 aliphatic heterocycles. The highest BCUT2D eigenvalue weighted by molar-refractivity contribution is 7.80. The van der Waals surface area contributed by atoms with Crippen LogP contribution < -0.4 is 0 Å². The van der Waals surface area contributed by atoms with Gasteiger partial charge in [-0.25, -0.2) is 0 Å². The summed E-state index contributed by atoms with van der Waals surface area (Å²) in [6, 6.07) is 0.213. The zero-order valence-electron chi connectivity index (χ0n) is 8.26. The molecule has 1 rings (SSSR count). The predicted octanol–water partition coefficient (Wildman–Crippen LogP) is -0.224. The lowest BCUT2D eigenvalue weighted by molar-refractivity contribution is 0.212. The van der Waals surface area contributed by atoms with Crippen LogP contribution in [0.2, 0.25) is 0 Å². The van der Waals surface area contributed by atoms with Crippen LogP contribution in [0, 0.1) is 0 Å². The van der Waals surface area contributed by atoms with E-state index in [4.69, 9.17) is 22.4 Å². The first kappa shape index (κ1) is 11.4. The number of aliphatic hydroxyl groups excluding tert-OH is 2. The molecule has 0 fully saturated rings. The second kappa shape index (κ2) is 5.29. The van der Waals surface area contributed by atoms with E-state index in [9.17, 15) is 0 Å². The van der Waals surface area contributed by atoms with Crippen molar-refractivity contribution in [2.45, 2.75) is 13.0 Å². The van der Waals surface area contributed by atoms with Crippen LogP contribution >= 0.6 is 12.2 Å². The maximum Gasteiger partial charge on any atom is 0.176 e. The Balaban J connectivity index is 2.68. The van der Waals surface area contributed by atoms with Gasteiger partial charge in [-0.2, -0.15) is 0 Å². The fraction of sp³-hybridized carbons (Fsp3) is 0.667. The number of β-amino-alcohol motifs (C(OH)–C–C–N with tert-alkyl or cyclic N) is 2. The Morgan fingerprint density at radius 3 is 2.57 bits per heavy atom. The Bertz CT molecular complexity index is 233. The summed E-state index contributed by atoms with van der Waals surface area (Å²) in [6.07, 6.45) is 3.89. The number of hydrogen-bond donors (Lipinski definition) is 2. The van der Waals surface area contributed by atoms with Gasteiger partial charge in [-0.3, -0.25) is 0 Å². The van der Waals surface area contributed by atoms with Crippen molar-refractivity contribution < 1.29 is 10.2 Å². The van der Waals surface area contributed by atoms with Gasteiger partial charge in [0.25, 0.3) is 0 Å². The van der Waals surface area contributed by atoms with Crippen LogP contribution in [-0.2, 0) is 0 Å². The van der Waals surface area contributed by atoms with E-state index in [2.05, 4.69) is 0 Å². The van der Waals surface area contributed by atoms with Crippen molar-refractivity contribution in [3.63, 3.8) is 0 Å². The van der Waals surface area contributed by atoms with E-state index in [-0.39, 0.29) is 19.3 Å². The third-order valence-corrected chi connectivity index (χ3v) is 2.68. The van der Waals surface area contributed by atoms with Crippen LogP contribution in [0.3, 0.4) is 0 Å². The van der Waals surface area contributed by atoms with Crippen LogP contribution in [0.4, 0.5) is 0 Å². The summed E-state index contributed by atoms with van der Waals surface area (Å²) in [4.78, 5) is 3.75. The predicted molar refractivity (Wildman–Crippen MR) is 58.8 cm³/mol. The SMILES string of the molecule is CC1C=CN(CCO)C(=S)N1CCO. The third-order valence-electron chi connectivity index (χ3n) is 2.21. The summed E-state index contributed by atoms with van der Waals surface area (Å²) >= 11 is 5.23. The first-order valence-electron chi connectivity index (χ1n) is 4.68. The summed E-state index contributed by atoms with van der Waals surface area (Å²) in [7, 11) is 0. The molecular weight excluding hydrogens is 200 g/mol. The molecule has 80 valence electrons. The molecule has 0 aromatic carbocycles. The van der Waals surface area contributed by atoms with Crippen molar-refractivity contribution in [3.8, 4) is 0 Å². The maximum atomic E-state index is 8.88. The zero-order chi connectivity index (χ0) is 10.6. The van der Waals surface area contributed by atoms with Gasteiger partial charge in [0.05, 0.1) is 13.2 Å². The smallest absolute Gasteiger partial charge is 0.176 e. The summed E-state index contributed by atoms with van der Waals surface area (Å²) < 4.78 is 0. The summed E-state index contributed by atoms with van der Waals surface area (Å²) in [5.74, 6) is 0. The number of rotatable bonds is 4. The Labute approximate surface area is 89.4 Å². The van der Waals surface area contributed by atoms with Crippen LogP contribution in [-0.4, -0.2) is 57.5 Å². The monoisotopic (exact) mass is 216 g/mol. The normalized spacial score (nSPS) is 21.9.